The first kappa shape index (κ1) is 15.1. The summed E-state index contributed by atoms with van der Waals surface area (Å²) in [4.78, 5) is 22.0. The van der Waals surface area contributed by atoms with Crippen molar-refractivity contribution in [1.29, 1.82) is 0 Å². The summed E-state index contributed by atoms with van der Waals surface area (Å²) >= 11 is 0. The molecule has 0 amide bonds. The maximum Gasteiger partial charge on any atom is 0.340 e. The van der Waals surface area contributed by atoms with Gasteiger partial charge in [0.15, 0.2) is 6.29 Å². The summed E-state index contributed by atoms with van der Waals surface area (Å²) in [6.45, 7) is 0. The molecule has 0 aliphatic rings. The number of aldehydes is 1. The van der Waals surface area contributed by atoms with Crippen LogP contribution in [0, 0.1) is 0 Å². The Labute approximate surface area is 109 Å². The Morgan fingerprint density at radius 1 is 1.42 bits per heavy atom. The van der Waals surface area contributed by atoms with Gasteiger partial charge in [0.2, 0.25) is 11.9 Å². The van der Waals surface area contributed by atoms with Gasteiger partial charge in [-0.2, -0.15) is 0 Å². The quantitative estimate of drug-likeness (QED) is 0.376. The van der Waals surface area contributed by atoms with Gasteiger partial charge < -0.3 is 24.8 Å². The van der Waals surface area contributed by atoms with Crippen LogP contribution in [0.15, 0.2) is 18.2 Å². The number of aliphatic hydroxyl groups is 2. The first-order valence-corrected chi connectivity index (χ1v) is 5.22. The molecule has 0 spiro atoms. The number of phenols is 1. The van der Waals surface area contributed by atoms with E-state index >= 15 is 0 Å². The van der Waals surface area contributed by atoms with Crippen molar-refractivity contribution in [2.75, 3.05) is 14.2 Å². The van der Waals surface area contributed by atoms with Gasteiger partial charge in [0.25, 0.3) is 0 Å². The molecule has 0 radical (unpaired) electrons. The minimum atomic E-state index is -2.39. The van der Waals surface area contributed by atoms with Gasteiger partial charge in [-0.1, -0.05) is 0 Å². The molecule has 2 atom stereocenters. The van der Waals surface area contributed by atoms with Crippen LogP contribution in [-0.2, 0) is 20.1 Å². The second kappa shape index (κ2) is 5.79. The van der Waals surface area contributed by atoms with E-state index in [0.717, 1.165) is 26.4 Å². The van der Waals surface area contributed by atoms with Crippen LogP contribution in [-0.4, -0.2) is 47.9 Å². The number of esters is 1. The number of hydrogen-bond donors (Lipinski definition) is 3. The molecule has 0 saturated heterocycles. The normalized spacial score (nSPS) is 15.4. The molecule has 0 saturated carbocycles. The van der Waals surface area contributed by atoms with Gasteiger partial charge in [-0.15, -0.1) is 0 Å². The molecule has 1 aromatic rings. The summed E-state index contributed by atoms with van der Waals surface area (Å²) in [5.41, 5.74) is -0.196. The standard InChI is InChI=1S/C12H14O7/c1-18-11(16)10(15)12(17,19-2)8-3-4-9(14)7(5-8)6-13/h3-6,10,14-15,17H,1-2H3. The van der Waals surface area contributed by atoms with Crippen LogP contribution in [0.2, 0.25) is 0 Å². The second-order valence-electron chi connectivity index (χ2n) is 3.72. The van der Waals surface area contributed by atoms with Gasteiger partial charge in [0, 0.05) is 12.7 Å². The highest BCUT2D eigenvalue weighted by molar-refractivity contribution is 5.80. The van der Waals surface area contributed by atoms with E-state index in [1.54, 1.807) is 0 Å². The van der Waals surface area contributed by atoms with Crippen LogP contribution in [0.4, 0.5) is 0 Å². The topological polar surface area (TPSA) is 113 Å². The first-order valence-electron chi connectivity index (χ1n) is 5.22. The van der Waals surface area contributed by atoms with E-state index in [4.69, 9.17) is 4.74 Å². The highest BCUT2D eigenvalue weighted by Gasteiger charge is 2.43. The number of ether oxygens (including phenoxy) is 2. The van der Waals surface area contributed by atoms with Crippen molar-refractivity contribution >= 4 is 12.3 Å². The maximum atomic E-state index is 11.3. The number of carbonyl (C=O) groups excluding carboxylic acids is 2. The van der Waals surface area contributed by atoms with E-state index < -0.39 is 17.9 Å². The molecule has 0 aliphatic carbocycles. The van der Waals surface area contributed by atoms with E-state index in [1.807, 2.05) is 0 Å². The van der Waals surface area contributed by atoms with Gasteiger partial charge in [0.05, 0.1) is 12.7 Å². The van der Waals surface area contributed by atoms with Crippen molar-refractivity contribution in [1.82, 2.24) is 0 Å². The fourth-order valence-corrected chi connectivity index (χ4v) is 1.53. The van der Waals surface area contributed by atoms with Crippen molar-refractivity contribution in [3.63, 3.8) is 0 Å². The fourth-order valence-electron chi connectivity index (χ4n) is 1.53. The molecule has 0 bridgehead atoms. The summed E-state index contributed by atoms with van der Waals surface area (Å²) in [6, 6.07) is 3.43. The maximum absolute atomic E-state index is 11.3. The number of aromatic hydroxyl groups is 1. The number of benzene rings is 1. The highest BCUT2D eigenvalue weighted by atomic mass is 16.6. The van der Waals surface area contributed by atoms with Gasteiger partial charge in [-0.25, -0.2) is 4.79 Å². The molecule has 1 aromatic carbocycles. The Bertz CT molecular complexity index is 485. The fraction of sp³-hybridized carbons (Fsp3) is 0.333. The van der Waals surface area contributed by atoms with Crippen LogP contribution < -0.4 is 0 Å². The Hall–Kier alpha value is -1.96. The molecule has 1 rings (SSSR count). The number of hydrogen-bond acceptors (Lipinski definition) is 7. The average molecular weight is 270 g/mol. The average Bonchev–Trinajstić information content (AvgIpc) is 2.45. The van der Waals surface area contributed by atoms with E-state index in [9.17, 15) is 24.9 Å². The lowest BCUT2D eigenvalue weighted by Gasteiger charge is -2.30. The predicted octanol–water partition coefficient (Wildman–Crippen LogP) is -0.470. The zero-order valence-electron chi connectivity index (χ0n) is 10.4. The predicted molar refractivity (Wildman–Crippen MR) is 62.4 cm³/mol. The van der Waals surface area contributed by atoms with Crippen LogP contribution in [0.25, 0.3) is 0 Å². The van der Waals surface area contributed by atoms with Crippen molar-refractivity contribution < 1.29 is 34.4 Å². The Morgan fingerprint density at radius 2 is 2.05 bits per heavy atom. The van der Waals surface area contributed by atoms with Crippen LogP contribution >= 0.6 is 0 Å². The first-order chi connectivity index (χ1) is 8.90. The SMILES string of the molecule is COC(=O)C(O)C(O)(OC)c1ccc(O)c(C=O)c1. The van der Waals surface area contributed by atoms with E-state index in [0.29, 0.717) is 6.29 Å². The molecule has 104 valence electrons. The lowest BCUT2D eigenvalue weighted by Crippen LogP contribution is -2.46. The summed E-state index contributed by atoms with van der Waals surface area (Å²) in [5, 5.41) is 29.3. The molecular weight excluding hydrogens is 256 g/mol. The molecule has 0 fully saturated rings. The number of aliphatic hydroxyl groups excluding tert-OH is 1. The van der Waals surface area contributed by atoms with Gasteiger partial charge in [-0.3, -0.25) is 4.79 Å². The number of methoxy groups -OCH3 is 2. The molecule has 0 aromatic heterocycles. The Morgan fingerprint density at radius 3 is 2.53 bits per heavy atom. The summed E-state index contributed by atoms with van der Waals surface area (Å²) in [7, 11) is 2.11. The molecule has 7 heteroatoms. The minimum absolute atomic E-state index is 0.0761. The summed E-state index contributed by atoms with van der Waals surface area (Å²) < 4.78 is 9.07. The third kappa shape index (κ3) is 2.73. The van der Waals surface area contributed by atoms with Crippen molar-refractivity contribution in [2.24, 2.45) is 0 Å². The molecule has 0 aliphatic heterocycles. The third-order valence-electron chi connectivity index (χ3n) is 2.67. The Kier molecular flexibility index (Phi) is 4.60. The summed E-state index contributed by atoms with van der Waals surface area (Å²) in [5.74, 6) is -3.80. The van der Waals surface area contributed by atoms with E-state index in [-0.39, 0.29) is 16.9 Å². The summed E-state index contributed by atoms with van der Waals surface area (Å²) in [6.07, 6.45) is -1.65. The molecule has 19 heavy (non-hydrogen) atoms. The molecule has 0 heterocycles. The number of carbonyl (C=O) groups is 2. The minimum Gasteiger partial charge on any atom is -0.507 e. The monoisotopic (exact) mass is 270 g/mol. The van der Waals surface area contributed by atoms with Crippen molar-refractivity contribution in [3.05, 3.63) is 29.3 Å². The Balaban J connectivity index is 3.29. The van der Waals surface area contributed by atoms with E-state index in [1.165, 1.54) is 6.07 Å². The van der Waals surface area contributed by atoms with Crippen molar-refractivity contribution in [3.8, 4) is 5.75 Å². The number of rotatable bonds is 5. The van der Waals surface area contributed by atoms with Gasteiger partial charge in [-0.05, 0) is 18.2 Å². The van der Waals surface area contributed by atoms with Crippen LogP contribution in [0.5, 0.6) is 5.75 Å². The zero-order chi connectivity index (χ0) is 14.6. The van der Waals surface area contributed by atoms with Crippen LogP contribution in [0.1, 0.15) is 15.9 Å². The second-order valence-corrected chi connectivity index (χ2v) is 3.72. The molecule has 2 unspecified atom stereocenters. The third-order valence-corrected chi connectivity index (χ3v) is 2.67. The van der Waals surface area contributed by atoms with Crippen LogP contribution in [0.3, 0.4) is 0 Å². The highest BCUT2D eigenvalue weighted by Crippen LogP contribution is 2.29. The number of phenolic OH excluding ortho intramolecular Hbond substituents is 1. The lowest BCUT2D eigenvalue weighted by molar-refractivity contribution is -0.254. The lowest BCUT2D eigenvalue weighted by atomic mass is 9.97. The zero-order valence-corrected chi connectivity index (χ0v) is 10.4. The van der Waals surface area contributed by atoms with E-state index in [2.05, 4.69) is 4.74 Å². The molecule has 3 N–H and O–H groups in total. The molecule has 7 nitrogen and oxygen atoms in total. The van der Waals surface area contributed by atoms with Gasteiger partial charge in [0.1, 0.15) is 5.75 Å². The smallest absolute Gasteiger partial charge is 0.340 e. The van der Waals surface area contributed by atoms with Crippen molar-refractivity contribution in [2.45, 2.75) is 11.9 Å². The molecular formula is C12H14O7. The van der Waals surface area contributed by atoms with Gasteiger partial charge >= 0.3 is 5.97 Å². The largest absolute Gasteiger partial charge is 0.507 e.